The van der Waals surface area contributed by atoms with Crippen LogP contribution in [0.2, 0.25) is 0 Å². The Morgan fingerprint density at radius 2 is 1.86 bits per heavy atom. The average molecular weight is 397 g/mol. The second kappa shape index (κ2) is 8.93. The van der Waals surface area contributed by atoms with Crippen LogP contribution in [0, 0.1) is 6.92 Å². The number of aromatic nitrogens is 3. The van der Waals surface area contributed by atoms with E-state index >= 15 is 0 Å². The van der Waals surface area contributed by atoms with Crippen molar-refractivity contribution < 1.29 is 9.53 Å². The lowest BCUT2D eigenvalue weighted by Gasteiger charge is -2.18. The summed E-state index contributed by atoms with van der Waals surface area (Å²) in [7, 11) is 5.35. The summed E-state index contributed by atoms with van der Waals surface area (Å²) in [6, 6.07) is 15.8. The number of amides is 1. The van der Waals surface area contributed by atoms with Crippen molar-refractivity contribution in [2.75, 3.05) is 19.9 Å². The predicted molar refractivity (Wildman–Crippen MR) is 111 cm³/mol. The van der Waals surface area contributed by atoms with Crippen LogP contribution in [-0.2, 0) is 18.4 Å². The van der Waals surface area contributed by atoms with Gasteiger partial charge in [-0.1, -0.05) is 48.2 Å². The van der Waals surface area contributed by atoms with Crippen molar-refractivity contribution in [3.05, 3.63) is 59.7 Å². The maximum atomic E-state index is 12.5. The minimum atomic E-state index is 0.0510. The van der Waals surface area contributed by atoms with Crippen molar-refractivity contribution in [3.8, 4) is 17.1 Å². The zero-order valence-corrected chi connectivity index (χ0v) is 17.4. The van der Waals surface area contributed by atoms with Gasteiger partial charge in [-0.15, -0.1) is 10.2 Å². The summed E-state index contributed by atoms with van der Waals surface area (Å²) in [5.41, 5.74) is 3.21. The molecule has 0 N–H and O–H groups in total. The third-order valence-electron chi connectivity index (χ3n) is 4.60. The normalized spacial score (nSPS) is 10.7. The Hall–Kier alpha value is -2.80. The Balaban J connectivity index is 1.66. The lowest BCUT2D eigenvalue weighted by Crippen LogP contribution is -2.28. The summed E-state index contributed by atoms with van der Waals surface area (Å²) in [4.78, 5) is 14.3. The van der Waals surface area contributed by atoms with Crippen molar-refractivity contribution in [3.63, 3.8) is 0 Å². The quantitative estimate of drug-likeness (QED) is 0.572. The summed E-state index contributed by atoms with van der Waals surface area (Å²) < 4.78 is 7.30. The first-order chi connectivity index (χ1) is 13.5. The second-order valence-electron chi connectivity index (χ2n) is 6.53. The fraction of sp³-hybridized carbons (Fsp3) is 0.286. The molecule has 0 atom stereocenters. The molecule has 0 fully saturated rings. The van der Waals surface area contributed by atoms with Gasteiger partial charge < -0.3 is 14.2 Å². The van der Waals surface area contributed by atoms with E-state index in [1.807, 2.05) is 55.1 Å². The maximum absolute atomic E-state index is 12.5. The number of nitrogens with zero attached hydrogens (tertiary/aromatic N) is 4. The van der Waals surface area contributed by atoms with Crippen LogP contribution in [-0.4, -0.2) is 45.5 Å². The van der Waals surface area contributed by atoms with E-state index in [1.165, 1.54) is 17.3 Å². The third kappa shape index (κ3) is 4.36. The summed E-state index contributed by atoms with van der Waals surface area (Å²) in [5, 5.41) is 9.22. The summed E-state index contributed by atoms with van der Waals surface area (Å²) >= 11 is 1.38. The lowest BCUT2D eigenvalue weighted by molar-refractivity contribution is -0.127. The van der Waals surface area contributed by atoms with E-state index < -0.39 is 0 Å². The molecule has 0 radical (unpaired) electrons. The Kier molecular flexibility index (Phi) is 6.36. The van der Waals surface area contributed by atoms with E-state index in [-0.39, 0.29) is 5.91 Å². The molecular formula is C21H24N4O2S. The first-order valence-electron chi connectivity index (χ1n) is 8.95. The third-order valence-corrected chi connectivity index (χ3v) is 5.61. The Morgan fingerprint density at radius 3 is 2.61 bits per heavy atom. The van der Waals surface area contributed by atoms with Gasteiger partial charge in [0.2, 0.25) is 5.91 Å². The highest BCUT2D eigenvalue weighted by molar-refractivity contribution is 7.99. The minimum Gasteiger partial charge on any atom is -0.496 e. The zero-order valence-electron chi connectivity index (χ0n) is 16.5. The van der Waals surface area contributed by atoms with E-state index in [1.54, 1.807) is 12.0 Å². The molecular weight excluding hydrogens is 372 g/mol. The van der Waals surface area contributed by atoms with Crippen molar-refractivity contribution in [1.82, 2.24) is 19.7 Å². The number of benzene rings is 2. The number of carbonyl (C=O) groups is 1. The second-order valence-corrected chi connectivity index (χ2v) is 7.47. The molecule has 1 heterocycles. The van der Waals surface area contributed by atoms with E-state index in [0.29, 0.717) is 23.3 Å². The average Bonchev–Trinajstić information content (AvgIpc) is 3.08. The molecule has 3 rings (SSSR count). The van der Waals surface area contributed by atoms with Crippen molar-refractivity contribution in [1.29, 1.82) is 0 Å². The van der Waals surface area contributed by atoms with Crippen LogP contribution >= 0.6 is 11.8 Å². The molecule has 7 heteroatoms. The SMILES string of the molecule is COc1ccccc1-c1nnc(SCC(=O)N(C)Cc2ccccc2C)n1C. The Bertz CT molecular complexity index is 971. The number of hydrogen-bond donors (Lipinski definition) is 0. The van der Waals surface area contributed by atoms with Gasteiger partial charge >= 0.3 is 0 Å². The molecule has 0 aliphatic heterocycles. The number of hydrogen-bond acceptors (Lipinski definition) is 5. The predicted octanol–water partition coefficient (Wildman–Crippen LogP) is 3.55. The molecule has 28 heavy (non-hydrogen) atoms. The topological polar surface area (TPSA) is 60.3 Å². The molecule has 0 saturated heterocycles. The first-order valence-corrected chi connectivity index (χ1v) is 9.94. The number of thioether (sulfide) groups is 1. The Labute approximate surface area is 169 Å². The van der Waals surface area contributed by atoms with E-state index in [9.17, 15) is 4.79 Å². The molecule has 6 nitrogen and oxygen atoms in total. The maximum Gasteiger partial charge on any atom is 0.233 e. The molecule has 146 valence electrons. The monoisotopic (exact) mass is 396 g/mol. The van der Waals surface area contributed by atoms with Gasteiger partial charge in [-0.05, 0) is 30.2 Å². The van der Waals surface area contributed by atoms with Crippen molar-refractivity contribution >= 4 is 17.7 Å². The number of para-hydroxylation sites is 1. The van der Waals surface area contributed by atoms with Crippen molar-refractivity contribution in [2.45, 2.75) is 18.6 Å². The van der Waals surface area contributed by atoms with Gasteiger partial charge in [0, 0.05) is 20.6 Å². The van der Waals surface area contributed by atoms with Gasteiger partial charge in [0.1, 0.15) is 5.75 Å². The number of carbonyl (C=O) groups excluding carboxylic acids is 1. The van der Waals surface area contributed by atoms with Gasteiger partial charge in [0.05, 0.1) is 18.4 Å². The molecule has 0 spiro atoms. The van der Waals surface area contributed by atoms with Crippen LogP contribution in [0.15, 0.2) is 53.7 Å². The summed E-state index contributed by atoms with van der Waals surface area (Å²) in [6.45, 7) is 2.65. The van der Waals surface area contributed by atoms with Gasteiger partial charge in [-0.3, -0.25) is 4.79 Å². The number of ether oxygens (including phenoxy) is 1. The van der Waals surface area contributed by atoms with Crippen LogP contribution < -0.4 is 4.74 Å². The molecule has 0 unspecified atom stereocenters. The van der Waals surface area contributed by atoms with Crippen LogP contribution in [0.3, 0.4) is 0 Å². The van der Waals surface area contributed by atoms with Crippen LogP contribution in [0.25, 0.3) is 11.4 Å². The van der Waals surface area contributed by atoms with Crippen LogP contribution in [0.4, 0.5) is 0 Å². The largest absolute Gasteiger partial charge is 0.496 e. The number of methoxy groups -OCH3 is 1. The highest BCUT2D eigenvalue weighted by Gasteiger charge is 2.17. The van der Waals surface area contributed by atoms with Crippen molar-refractivity contribution in [2.24, 2.45) is 7.05 Å². The van der Waals surface area contributed by atoms with Crippen LogP contribution in [0.5, 0.6) is 5.75 Å². The zero-order chi connectivity index (χ0) is 20.1. The summed E-state index contributed by atoms with van der Waals surface area (Å²) in [5.74, 6) is 1.81. The molecule has 0 aliphatic rings. The van der Waals surface area contributed by atoms with E-state index in [2.05, 4.69) is 29.3 Å². The van der Waals surface area contributed by atoms with E-state index in [4.69, 9.17) is 4.74 Å². The fourth-order valence-corrected chi connectivity index (χ4v) is 3.72. The Morgan fingerprint density at radius 1 is 1.14 bits per heavy atom. The van der Waals surface area contributed by atoms with Gasteiger partial charge in [0.25, 0.3) is 0 Å². The standard InChI is InChI=1S/C21H24N4O2S/c1-15-9-5-6-10-16(15)13-24(2)19(26)14-28-21-23-22-20(25(21)3)17-11-7-8-12-18(17)27-4/h5-12H,13-14H2,1-4H3. The van der Waals surface area contributed by atoms with Gasteiger partial charge in [-0.2, -0.15) is 0 Å². The van der Waals surface area contributed by atoms with E-state index in [0.717, 1.165) is 16.9 Å². The molecule has 1 aromatic heterocycles. The summed E-state index contributed by atoms with van der Waals surface area (Å²) in [6.07, 6.45) is 0. The molecule has 0 bridgehead atoms. The molecule has 2 aromatic carbocycles. The minimum absolute atomic E-state index is 0.0510. The van der Waals surface area contributed by atoms with Gasteiger partial charge in [0.15, 0.2) is 11.0 Å². The van der Waals surface area contributed by atoms with Crippen LogP contribution in [0.1, 0.15) is 11.1 Å². The molecule has 3 aromatic rings. The molecule has 0 saturated carbocycles. The first kappa shape index (κ1) is 19.9. The number of rotatable bonds is 7. The van der Waals surface area contributed by atoms with Gasteiger partial charge in [-0.25, -0.2) is 0 Å². The highest BCUT2D eigenvalue weighted by Crippen LogP contribution is 2.30. The lowest BCUT2D eigenvalue weighted by atomic mass is 10.1. The molecule has 1 amide bonds. The smallest absolute Gasteiger partial charge is 0.233 e. The fourth-order valence-electron chi connectivity index (χ4n) is 2.87. The highest BCUT2D eigenvalue weighted by atomic mass is 32.2. The number of aryl methyl sites for hydroxylation is 1. The molecule has 0 aliphatic carbocycles.